The Morgan fingerprint density at radius 1 is 1.34 bits per heavy atom. The van der Waals surface area contributed by atoms with Gasteiger partial charge in [-0.05, 0) is 35.6 Å². The monoisotopic (exact) mass is 534 g/mol. The van der Waals surface area contributed by atoms with E-state index in [1.165, 1.54) is 4.68 Å². The minimum absolute atomic E-state index is 0.0164. The first kappa shape index (κ1) is 21.8. The molecule has 1 fully saturated rings. The Kier molecular flexibility index (Phi) is 6.99. The predicted octanol–water partition coefficient (Wildman–Crippen LogP) is 3.09. The summed E-state index contributed by atoms with van der Waals surface area (Å²) in [6, 6.07) is 3.66. The SMILES string of the molecule is COc1cc(N2CCN(C(=O)Cn3nc(CF)c(Cl)c3C)CC2)c(C=O)cc1I. The Labute approximate surface area is 186 Å². The molecule has 0 aliphatic carbocycles. The fraction of sp³-hybridized carbons (Fsp3) is 0.421. The number of carbonyl (C=O) groups is 2. The number of ether oxygens (including phenoxy) is 1. The average molecular weight is 535 g/mol. The van der Waals surface area contributed by atoms with Crippen molar-refractivity contribution in [1.82, 2.24) is 14.7 Å². The number of carbonyl (C=O) groups excluding carboxylic acids is 2. The number of halogens is 3. The summed E-state index contributed by atoms with van der Waals surface area (Å²) in [5.74, 6) is 0.604. The molecule has 10 heteroatoms. The van der Waals surface area contributed by atoms with Crippen LogP contribution in [0.1, 0.15) is 21.7 Å². The third-order valence-corrected chi connectivity index (χ3v) is 6.35. The molecule has 0 atom stereocenters. The molecule has 2 aromatic rings. The number of aromatic nitrogens is 2. The van der Waals surface area contributed by atoms with Crippen molar-refractivity contribution in [3.8, 4) is 5.75 Å². The molecule has 29 heavy (non-hydrogen) atoms. The highest BCUT2D eigenvalue weighted by Gasteiger charge is 2.25. The van der Waals surface area contributed by atoms with Crippen molar-refractivity contribution in [3.05, 3.63) is 37.7 Å². The Balaban J connectivity index is 1.68. The van der Waals surface area contributed by atoms with Gasteiger partial charge >= 0.3 is 0 Å². The summed E-state index contributed by atoms with van der Waals surface area (Å²) in [4.78, 5) is 28.0. The molecule has 0 N–H and O–H groups in total. The highest BCUT2D eigenvalue weighted by molar-refractivity contribution is 14.1. The lowest BCUT2D eigenvalue weighted by Gasteiger charge is -2.36. The van der Waals surface area contributed by atoms with Crippen LogP contribution in [0, 0.1) is 10.5 Å². The first-order chi connectivity index (χ1) is 13.9. The zero-order chi connectivity index (χ0) is 21.1. The van der Waals surface area contributed by atoms with E-state index < -0.39 is 6.67 Å². The van der Waals surface area contributed by atoms with Crippen molar-refractivity contribution >= 4 is 52.1 Å². The van der Waals surface area contributed by atoms with Crippen molar-refractivity contribution in [2.75, 3.05) is 38.2 Å². The zero-order valence-electron chi connectivity index (χ0n) is 16.1. The maximum Gasteiger partial charge on any atom is 0.244 e. The summed E-state index contributed by atoms with van der Waals surface area (Å²) >= 11 is 8.17. The fourth-order valence-corrected chi connectivity index (χ4v) is 4.23. The van der Waals surface area contributed by atoms with E-state index in [1.54, 1.807) is 25.0 Å². The molecule has 1 amide bonds. The van der Waals surface area contributed by atoms with Gasteiger partial charge in [0.1, 0.15) is 24.7 Å². The summed E-state index contributed by atoms with van der Waals surface area (Å²) < 4.78 is 20.6. The molecule has 1 aromatic carbocycles. The quantitative estimate of drug-likeness (QED) is 0.421. The lowest BCUT2D eigenvalue weighted by atomic mass is 10.1. The van der Waals surface area contributed by atoms with Crippen molar-refractivity contribution in [2.45, 2.75) is 20.1 Å². The molecule has 0 spiro atoms. The third kappa shape index (κ3) is 4.50. The van der Waals surface area contributed by atoms with E-state index in [2.05, 4.69) is 32.6 Å². The molecular weight excluding hydrogens is 514 g/mol. The normalized spacial score (nSPS) is 14.2. The number of methoxy groups -OCH3 is 1. The van der Waals surface area contributed by atoms with Crippen LogP contribution in [0.25, 0.3) is 0 Å². The maximum atomic E-state index is 12.9. The number of hydrogen-bond acceptors (Lipinski definition) is 5. The van der Waals surface area contributed by atoms with Gasteiger partial charge in [-0.3, -0.25) is 14.3 Å². The number of anilines is 1. The summed E-state index contributed by atoms with van der Waals surface area (Å²) in [5.41, 5.74) is 2.12. The van der Waals surface area contributed by atoms with Crippen molar-refractivity contribution in [1.29, 1.82) is 0 Å². The summed E-state index contributed by atoms with van der Waals surface area (Å²) in [7, 11) is 1.59. The van der Waals surface area contributed by atoms with Crippen LogP contribution < -0.4 is 9.64 Å². The molecule has 0 unspecified atom stereocenters. The predicted molar refractivity (Wildman–Crippen MR) is 117 cm³/mol. The van der Waals surface area contributed by atoms with E-state index in [9.17, 15) is 14.0 Å². The van der Waals surface area contributed by atoms with Crippen molar-refractivity contribution in [3.63, 3.8) is 0 Å². The number of alkyl halides is 1. The first-order valence-corrected chi connectivity index (χ1v) is 10.5. The lowest BCUT2D eigenvalue weighted by molar-refractivity contribution is -0.132. The highest BCUT2D eigenvalue weighted by atomic mass is 127. The zero-order valence-corrected chi connectivity index (χ0v) is 19.0. The highest BCUT2D eigenvalue weighted by Crippen LogP contribution is 2.31. The van der Waals surface area contributed by atoms with Gasteiger partial charge in [0, 0.05) is 37.8 Å². The fourth-order valence-electron chi connectivity index (χ4n) is 3.33. The second kappa shape index (κ2) is 9.29. The van der Waals surface area contributed by atoms with Gasteiger partial charge in [0.25, 0.3) is 0 Å². The van der Waals surface area contributed by atoms with E-state index in [-0.39, 0.29) is 23.2 Å². The summed E-state index contributed by atoms with van der Waals surface area (Å²) in [6.45, 7) is 3.16. The molecule has 156 valence electrons. The number of rotatable bonds is 6. The molecule has 3 rings (SSSR count). The molecule has 1 aliphatic rings. The smallest absolute Gasteiger partial charge is 0.244 e. The van der Waals surface area contributed by atoms with Gasteiger partial charge in [-0.25, -0.2) is 4.39 Å². The molecule has 7 nitrogen and oxygen atoms in total. The second-order valence-electron chi connectivity index (χ2n) is 6.67. The molecular formula is C19H21ClFIN4O3. The van der Waals surface area contributed by atoms with Crippen molar-refractivity contribution in [2.24, 2.45) is 0 Å². The number of nitrogens with zero attached hydrogens (tertiary/aromatic N) is 4. The number of amides is 1. The molecule has 0 radical (unpaired) electrons. The van der Waals surface area contributed by atoms with Crippen LogP contribution in [0.3, 0.4) is 0 Å². The van der Waals surface area contributed by atoms with Crippen molar-refractivity contribution < 1.29 is 18.7 Å². The van der Waals surface area contributed by atoms with E-state index in [1.807, 2.05) is 6.07 Å². The van der Waals surface area contributed by atoms with E-state index in [0.717, 1.165) is 15.5 Å². The van der Waals surface area contributed by atoms with Gasteiger partial charge in [0.05, 0.1) is 27.1 Å². The Morgan fingerprint density at radius 3 is 2.59 bits per heavy atom. The minimum Gasteiger partial charge on any atom is -0.496 e. The molecule has 1 saturated heterocycles. The van der Waals surface area contributed by atoms with Crippen LogP contribution in [0.15, 0.2) is 12.1 Å². The number of benzene rings is 1. The van der Waals surface area contributed by atoms with Crippen LogP contribution in [-0.4, -0.2) is 60.2 Å². The molecule has 1 aromatic heterocycles. The molecule has 2 heterocycles. The first-order valence-electron chi connectivity index (χ1n) is 9.02. The lowest BCUT2D eigenvalue weighted by Crippen LogP contribution is -2.50. The van der Waals surface area contributed by atoms with Crippen LogP contribution in [0.5, 0.6) is 5.75 Å². The maximum absolute atomic E-state index is 12.9. The minimum atomic E-state index is -0.766. The van der Waals surface area contributed by atoms with Crippen LogP contribution in [0.4, 0.5) is 10.1 Å². The standard InChI is InChI=1S/C19H21ClFIN4O3/c1-12-19(20)15(9-21)23-26(12)10-18(28)25-5-3-24(4-6-25)16-8-17(29-2)14(22)7-13(16)11-27/h7-8,11H,3-6,9-10H2,1-2H3. The Bertz CT molecular complexity index is 929. The van der Waals surface area contributed by atoms with Gasteiger partial charge in [0.2, 0.25) is 5.91 Å². The number of piperazine rings is 1. The Hall–Kier alpha value is -1.88. The van der Waals surface area contributed by atoms with Crippen LogP contribution in [0.2, 0.25) is 5.02 Å². The van der Waals surface area contributed by atoms with E-state index >= 15 is 0 Å². The van der Waals surface area contributed by atoms with E-state index in [0.29, 0.717) is 43.2 Å². The van der Waals surface area contributed by atoms with Gasteiger partial charge in [0.15, 0.2) is 6.29 Å². The Morgan fingerprint density at radius 2 is 2.03 bits per heavy atom. The van der Waals surface area contributed by atoms with Gasteiger partial charge < -0.3 is 14.5 Å². The summed E-state index contributed by atoms with van der Waals surface area (Å²) in [6.07, 6.45) is 0.834. The largest absolute Gasteiger partial charge is 0.496 e. The van der Waals surface area contributed by atoms with E-state index in [4.69, 9.17) is 16.3 Å². The van der Waals surface area contributed by atoms with Crippen LogP contribution in [-0.2, 0) is 18.0 Å². The molecule has 0 bridgehead atoms. The van der Waals surface area contributed by atoms with Crippen LogP contribution >= 0.6 is 34.2 Å². The van der Waals surface area contributed by atoms with Gasteiger partial charge in [-0.1, -0.05) is 11.6 Å². The average Bonchev–Trinajstić information content (AvgIpc) is 3.01. The number of aldehydes is 1. The second-order valence-corrected chi connectivity index (χ2v) is 8.21. The summed E-state index contributed by atoms with van der Waals surface area (Å²) in [5, 5.41) is 4.34. The van der Waals surface area contributed by atoms with Gasteiger partial charge in [-0.15, -0.1) is 0 Å². The molecule has 1 aliphatic heterocycles. The van der Waals surface area contributed by atoms with Gasteiger partial charge in [-0.2, -0.15) is 5.10 Å². The third-order valence-electron chi connectivity index (χ3n) is 5.01. The molecule has 0 saturated carbocycles. The number of hydrogen-bond donors (Lipinski definition) is 0. The topological polar surface area (TPSA) is 67.7 Å².